The Balaban J connectivity index is 2.50. The molecular formula is C10H12N2O3. The third-order valence-corrected chi connectivity index (χ3v) is 2.19. The van der Waals surface area contributed by atoms with Gasteiger partial charge in [0, 0.05) is 6.20 Å². The first-order valence-corrected chi connectivity index (χ1v) is 4.65. The second-order valence-electron chi connectivity index (χ2n) is 4.06. The van der Waals surface area contributed by atoms with E-state index in [2.05, 4.69) is 10.3 Å². The van der Waals surface area contributed by atoms with E-state index in [0.29, 0.717) is 18.1 Å². The lowest BCUT2D eigenvalue weighted by Crippen LogP contribution is -2.40. The fraction of sp³-hybridized carbons (Fsp3) is 0.400. The van der Waals surface area contributed by atoms with Gasteiger partial charge in [-0.05, 0) is 19.9 Å². The van der Waals surface area contributed by atoms with Crippen molar-refractivity contribution < 1.29 is 14.6 Å². The largest absolute Gasteiger partial charge is 0.481 e. The van der Waals surface area contributed by atoms with Crippen LogP contribution in [0.25, 0.3) is 0 Å². The molecule has 2 heterocycles. The van der Waals surface area contributed by atoms with Crippen LogP contribution in [0.1, 0.15) is 24.2 Å². The Hall–Kier alpha value is -1.78. The monoisotopic (exact) mass is 208 g/mol. The van der Waals surface area contributed by atoms with Gasteiger partial charge in [0.1, 0.15) is 11.2 Å². The Morgan fingerprint density at radius 3 is 3.07 bits per heavy atom. The van der Waals surface area contributed by atoms with Crippen molar-refractivity contribution in [3.63, 3.8) is 0 Å². The van der Waals surface area contributed by atoms with Crippen molar-refractivity contribution in [2.45, 2.75) is 19.4 Å². The normalized spacial score (nSPS) is 17.2. The summed E-state index contributed by atoms with van der Waals surface area (Å²) in [5.41, 5.74) is -0.277. The maximum Gasteiger partial charge on any atom is 0.339 e. The van der Waals surface area contributed by atoms with Crippen molar-refractivity contribution >= 4 is 11.8 Å². The molecule has 0 radical (unpaired) electrons. The van der Waals surface area contributed by atoms with Crippen molar-refractivity contribution in [1.82, 2.24) is 4.98 Å². The summed E-state index contributed by atoms with van der Waals surface area (Å²) in [7, 11) is 0. The van der Waals surface area contributed by atoms with Crippen molar-refractivity contribution in [3.8, 4) is 5.75 Å². The molecule has 0 spiro atoms. The van der Waals surface area contributed by atoms with Gasteiger partial charge in [-0.15, -0.1) is 0 Å². The molecule has 0 saturated heterocycles. The van der Waals surface area contributed by atoms with Gasteiger partial charge in [0.05, 0.1) is 6.54 Å². The van der Waals surface area contributed by atoms with E-state index in [1.165, 1.54) is 12.3 Å². The van der Waals surface area contributed by atoms with Crippen LogP contribution in [0.4, 0.5) is 5.82 Å². The smallest absolute Gasteiger partial charge is 0.339 e. The van der Waals surface area contributed by atoms with E-state index >= 15 is 0 Å². The molecule has 0 atom stereocenters. The van der Waals surface area contributed by atoms with Crippen LogP contribution in [0.3, 0.4) is 0 Å². The zero-order chi connectivity index (χ0) is 11.1. The molecule has 0 aromatic carbocycles. The van der Waals surface area contributed by atoms with Crippen molar-refractivity contribution in [1.29, 1.82) is 0 Å². The van der Waals surface area contributed by atoms with Crippen LogP contribution in [0, 0.1) is 0 Å². The summed E-state index contributed by atoms with van der Waals surface area (Å²) < 4.78 is 5.61. The van der Waals surface area contributed by atoms with Crippen LogP contribution >= 0.6 is 0 Å². The number of rotatable bonds is 1. The van der Waals surface area contributed by atoms with Crippen LogP contribution < -0.4 is 10.1 Å². The van der Waals surface area contributed by atoms with Crippen molar-refractivity contribution in [3.05, 3.63) is 17.8 Å². The molecule has 2 rings (SSSR count). The summed E-state index contributed by atoms with van der Waals surface area (Å²) in [4.78, 5) is 15.0. The summed E-state index contributed by atoms with van der Waals surface area (Å²) >= 11 is 0. The minimum atomic E-state index is -1.01. The van der Waals surface area contributed by atoms with Crippen LogP contribution in [-0.4, -0.2) is 28.2 Å². The molecule has 2 N–H and O–H groups in total. The van der Waals surface area contributed by atoms with E-state index < -0.39 is 11.6 Å². The van der Waals surface area contributed by atoms with Crippen molar-refractivity contribution in [2.24, 2.45) is 0 Å². The predicted octanol–water partition coefficient (Wildman–Crippen LogP) is 1.36. The van der Waals surface area contributed by atoms with Gasteiger partial charge in [-0.1, -0.05) is 0 Å². The fourth-order valence-electron chi connectivity index (χ4n) is 1.45. The average molecular weight is 208 g/mol. The van der Waals surface area contributed by atoms with Gasteiger partial charge in [-0.25, -0.2) is 9.78 Å². The summed E-state index contributed by atoms with van der Waals surface area (Å²) in [6, 6.07) is 1.43. The number of anilines is 1. The summed E-state index contributed by atoms with van der Waals surface area (Å²) in [5.74, 6) is -0.191. The van der Waals surface area contributed by atoms with Gasteiger partial charge in [-0.2, -0.15) is 0 Å². The Morgan fingerprint density at radius 1 is 1.67 bits per heavy atom. The molecular weight excluding hydrogens is 196 g/mol. The standard InChI is InChI=1S/C10H12N2O3/c1-10(2)5-12-8-7(15-10)6(9(13)14)3-4-11-8/h3-4H,5H2,1-2H3,(H,11,12)(H,13,14). The van der Waals surface area contributed by atoms with E-state index in [9.17, 15) is 4.79 Å². The quantitative estimate of drug-likeness (QED) is 0.729. The molecule has 1 aromatic rings. The lowest BCUT2D eigenvalue weighted by molar-refractivity contribution is 0.0675. The summed E-state index contributed by atoms with van der Waals surface area (Å²) in [5, 5.41) is 12.0. The highest BCUT2D eigenvalue weighted by Crippen LogP contribution is 2.33. The third kappa shape index (κ3) is 1.72. The molecule has 0 fully saturated rings. The number of carboxylic acid groups (broad SMARTS) is 1. The Morgan fingerprint density at radius 2 is 2.40 bits per heavy atom. The topological polar surface area (TPSA) is 71.5 Å². The first-order valence-electron chi connectivity index (χ1n) is 4.65. The Bertz CT molecular complexity index is 415. The number of carbonyl (C=O) groups is 1. The zero-order valence-corrected chi connectivity index (χ0v) is 8.57. The highest BCUT2D eigenvalue weighted by molar-refractivity contribution is 5.92. The summed E-state index contributed by atoms with van der Waals surface area (Å²) in [6.07, 6.45) is 1.46. The highest BCUT2D eigenvalue weighted by Gasteiger charge is 2.30. The van der Waals surface area contributed by atoms with Gasteiger partial charge < -0.3 is 15.2 Å². The zero-order valence-electron chi connectivity index (χ0n) is 8.57. The van der Waals surface area contributed by atoms with E-state index in [1.807, 2.05) is 13.8 Å². The van der Waals surface area contributed by atoms with Gasteiger partial charge in [-0.3, -0.25) is 0 Å². The van der Waals surface area contributed by atoms with E-state index in [0.717, 1.165) is 0 Å². The Kier molecular flexibility index (Phi) is 2.03. The van der Waals surface area contributed by atoms with Gasteiger partial charge in [0.15, 0.2) is 11.6 Å². The lowest BCUT2D eigenvalue weighted by Gasteiger charge is -2.33. The van der Waals surface area contributed by atoms with Gasteiger partial charge in [0.2, 0.25) is 0 Å². The van der Waals surface area contributed by atoms with Gasteiger partial charge in [0.25, 0.3) is 0 Å². The van der Waals surface area contributed by atoms with Crippen LogP contribution in [-0.2, 0) is 0 Å². The van der Waals surface area contributed by atoms with Crippen LogP contribution in [0.2, 0.25) is 0 Å². The van der Waals surface area contributed by atoms with Crippen LogP contribution in [0.5, 0.6) is 5.75 Å². The predicted molar refractivity (Wildman–Crippen MR) is 54.4 cm³/mol. The van der Waals surface area contributed by atoms with Crippen molar-refractivity contribution in [2.75, 3.05) is 11.9 Å². The minimum Gasteiger partial charge on any atom is -0.481 e. The number of nitrogens with one attached hydrogen (secondary N) is 1. The average Bonchev–Trinajstić information content (AvgIpc) is 2.15. The molecule has 0 bridgehead atoms. The van der Waals surface area contributed by atoms with E-state index in [-0.39, 0.29) is 5.56 Å². The van der Waals surface area contributed by atoms with Gasteiger partial charge >= 0.3 is 5.97 Å². The molecule has 5 nitrogen and oxygen atoms in total. The first kappa shape index (κ1) is 9.76. The minimum absolute atomic E-state index is 0.139. The number of nitrogens with zero attached hydrogens (tertiary/aromatic N) is 1. The number of pyridine rings is 1. The first-order chi connectivity index (χ1) is 6.99. The van der Waals surface area contributed by atoms with E-state index in [1.54, 1.807) is 0 Å². The molecule has 0 unspecified atom stereocenters. The number of aromatic nitrogens is 1. The molecule has 0 amide bonds. The maximum atomic E-state index is 10.9. The molecule has 0 aliphatic carbocycles. The second-order valence-corrected chi connectivity index (χ2v) is 4.06. The number of fused-ring (bicyclic) bond motifs is 1. The third-order valence-electron chi connectivity index (χ3n) is 2.19. The number of hydrogen-bond acceptors (Lipinski definition) is 4. The molecule has 5 heteroatoms. The highest BCUT2D eigenvalue weighted by atomic mass is 16.5. The van der Waals surface area contributed by atoms with E-state index in [4.69, 9.17) is 9.84 Å². The molecule has 80 valence electrons. The maximum absolute atomic E-state index is 10.9. The number of ether oxygens (including phenoxy) is 1. The number of aromatic carboxylic acids is 1. The summed E-state index contributed by atoms with van der Waals surface area (Å²) in [6.45, 7) is 4.39. The molecule has 1 aromatic heterocycles. The van der Waals surface area contributed by atoms with Crippen LogP contribution in [0.15, 0.2) is 12.3 Å². The second kappa shape index (κ2) is 3.12. The molecule has 0 saturated carbocycles. The Labute approximate surface area is 87.1 Å². The number of carboxylic acids is 1. The molecule has 15 heavy (non-hydrogen) atoms. The fourth-order valence-corrected chi connectivity index (χ4v) is 1.45. The lowest BCUT2D eigenvalue weighted by atomic mass is 10.1. The molecule has 1 aliphatic rings. The SMILES string of the molecule is CC1(C)CNc2nccc(C(=O)O)c2O1. The molecule has 1 aliphatic heterocycles. The number of hydrogen-bond donors (Lipinski definition) is 2.